The zero-order valence-corrected chi connectivity index (χ0v) is 25.3. The molecular weight excluding hydrogens is 494 g/mol. The highest BCUT2D eigenvalue weighted by Crippen LogP contribution is 2.27. The van der Waals surface area contributed by atoms with Gasteiger partial charge in [-0.25, -0.2) is 0 Å². The van der Waals surface area contributed by atoms with E-state index in [0.29, 0.717) is 13.0 Å². The highest BCUT2D eigenvalue weighted by molar-refractivity contribution is 5.76. The number of allylic oxidation sites excluding steroid dienone is 2. The summed E-state index contributed by atoms with van der Waals surface area (Å²) in [4.78, 5) is 14.9. The zero-order valence-electron chi connectivity index (χ0n) is 25.3. The lowest BCUT2D eigenvalue weighted by molar-refractivity contribution is -0.263. The van der Waals surface area contributed by atoms with Gasteiger partial charge in [0, 0.05) is 13.0 Å². The molecular formula is C32H61NO6. The maximum absolute atomic E-state index is 13.3. The minimum Gasteiger partial charge on any atom is -0.394 e. The third-order valence-corrected chi connectivity index (χ3v) is 8.15. The SMILES string of the molecule is CCCCCCCC/C=C\CCCCCCCC(=O)N(CC(CC)CCCC)C1O[C@H](CO)[C@@H](O)[C@H](O)[C@H]1O. The van der Waals surface area contributed by atoms with Gasteiger partial charge in [0.15, 0.2) is 6.23 Å². The molecule has 7 heteroatoms. The molecule has 1 aliphatic rings. The van der Waals surface area contributed by atoms with Gasteiger partial charge in [0.2, 0.25) is 5.91 Å². The molecule has 0 aliphatic carbocycles. The third-order valence-electron chi connectivity index (χ3n) is 8.15. The molecule has 1 heterocycles. The van der Waals surface area contributed by atoms with Gasteiger partial charge in [-0.15, -0.1) is 0 Å². The third kappa shape index (κ3) is 14.5. The quantitative estimate of drug-likeness (QED) is 0.0927. The van der Waals surface area contributed by atoms with Crippen LogP contribution < -0.4 is 0 Å². The molecule has 0 aromatic heterocycles. The Morgan fingerprint density at radius 2 is 1.33 bits per heavy atom. The molecule has 1 rings (SSSR count). The monoisotopic (exact) mass is 555 g/mol. The van der Waals surface area contributed by atoms with Gasteiger partial charge in [-0.3, -0.25) is 4.79 Å². The Balaban J connectivity index is 2.46. The number of hydrogen-bond donors (Lipinski definition) is 4. The second-order valence-electron chi connectivity index (χ2n) is 11.5. The molecule has 1 fully saturated rings. The summed E-state index contributed by atoms with van der Waals surface area (Å²) in [5, 5.41) is 40.8. The lowest BCUT2D eigenvalue weighted by Gasteiger charge is -2.45. The number of nitrogens with zero attached hydrogens (tertiary/aromatic N) is 1. The van der Waals surface area contributed by atoms with E-state index in [4.69, 9.17) is 4.74 Å². The summed E-state index contributed by atoms with van der Waals surface area (Å²) < 4.78 is 5.78. The van der Waals surface area contributed by atoms with E-state index in [1.165, 1.54) is 51.4 Å². The number of carbonyl (C=O) groups is 1. The number of unbranched alkanes of at least 4 members (excludes halogenated alkanes) is 12. The fraction of sp³-hybridized carbons (Fsp3) is 0.906. The minimum atomic E-state index is -1.48. The fourth-order valence-corrected chi connectivity index (χ4v) is 5.37. The smallest absolute Gasteiger partial charge is 0.224 e. The summed E-state index contributed by atoms with van der Waals surface area (Å²) in [6, 6.07) is 0. The van der Waals surface area contributed by atoms with E-state index in [1.54, 1.807) is 4.90 Å². The van der Waals surface area contributed by atoms with Crippen LogP contribution in [-0.2, 0) is 9.53 Å². The summed E-state index contributed by atoms with van der Waals surface area (Å²) in [6.45, 7) is 6.43. The van der Waals surface area contributed by atoms with Gasteiger partial charge in [-0.1, -0.05) is 104 Å². The van der Waals surface area contributed by atoms with Crippen LogP contribution in [0.25, 0.3) is 0 Å². The van der Waals surface area contributed by atoms with Crippen molar-refractivity contribution in [3.8, 4) is 0 Å². The van der Waals surface area contributed by atoms with Crippen molar-refractivity contribution < 1.29 is 30.0 Å². The molecule has 230 valence electrons. The van der Waals surface area contributed by atoms with Crippen LogP contribution in [0.3, 0.4) is 0 Å². The number of aliphatic hydroxyl groups is 4. The molecule has 1 aliphatic heterocycles. The first kappa shape index (κ1) is 36.0. The van der Waals surface area contributed by atoms with Gasteiger partial charge >= 0.3 is 0 Å². The molecule has 39 heavy (non-hydrogen) atoms. The summed E-state index contributed by atoms with van der Waals surface area (Å²) >= 11 is 0. The van der Waals surface area contributed by atoms with Gasteiger partial charge in [-0.2, -0.15) is 0 Å². The number of rotatable bonds is 23. The first-order chi connectivity index (χ1) is 18.9. The molecule has 0 spiro atoms. The van der Waals surface area contributed by atoms with Crippen molar-refractivity contribution in [2.75, 3.05) is 13.2 Å². The number of aliphatic hydroxyl groups excluding tert-OH is 4. The van der Waals surface area contributed by atoms with Crippen LogP contribution in [-0.4, -0.2) is 75.0 Å². The average molecular weight is 556 g/mol. The van der Waals surface area contributed by atoms with Gasteiger partial charge < -0.3 is 30.1 Å². The van der Waals surface area contributed by atoms with Crippen molar-refractivity contribution in [3.05, 3.63) is 12.2 Å². The van der Waals surface area contributed by atoms with E-state index >= 15 is 0 Å². The summed E-state index contributed by atoms with van der Waals surface area (Å²) in [6.07, 6.45) is 18.1. The molecule has 1 amide bonds. The fourth-order valence-electron chi connectivity index (χ4n) is 5.37. The van der Waals surface area contributed by atoms with Crippen molar-refractivity contribution in [1.29, 1.82) is 0 Å². The number of carbonyl (C=O) groups excluding carboxylic acids is 1. The van der Waals surface area contributed by atoms with Crippen LogP contribution in [0, 0.1) is 5.92 Å². The van der Waals surface area contributed by atoms with Crippen LogP contribution in [0.1, 0.15) is 136 Å². The van der Waals surface area contributed by atoms with Crippen LogP contribution >= 0.6 is 0 Å². The summed E-state index contributed by atoms with van der Waals surface area (Å²) in [5.74, 6) is 0.155. The Labute approximate surface area is 239 Å². The Morgan fingerprint density at radius 1 is 0.769 bits per heavy atom. The van der Waals surface area contributed by atoms with Gasteiger partial charge in [-0.05, 0) is 44.4 Å². The predicted octanol–water partition coefficient (Wildman–Crippen LogP) is 5.87. The average Bonchev–Trinajstić information content (AvgIpc) is 2.94. The van der Waals surface area contributed by atoms with Crippen LogP contribution in [0.4, 0.5) is 0 Å². The second-order valence-corrected chi connectivity index (χ2v) is 11.5. The first-order valence-corrected chi connectivity index (χ1v) is 16.2. The highest BCUT2D eigenvalue weighted by atomic mass is 16.6. The van der Waals surface area contributed by atoms with Crippen LogP contribution in [0.15, 0.2) is 12.2 Å². The molecule has 4 N–H and O–H groups in total. The van der Waals surface area contributed by atoms with Crippen molar-refractivity contribution >= 4 is 5.91 Å². The largest absolute Gasteiger partial charge is 0.394 e. The van der Waals surface area contributed by atoms with E-state index in [-0.39, 0.29) is 11.8 Å². The Kier molecular flexibility index (Phi) is 20.9. The first-order valence-electron chi connectivity index (χ1n) is 16.2. The van der Waals surface area contributed by atoms with Crippen molar-refractivity contribution in [2.45, 2.75) is 167 Å². The molecule has 0 saturated carbocycles. The van der Waals surface area contributed by atoms with E-state index in [2.05, 4.69) is 32.9 Å². The minimum absolute atomic E-state index is 0.105. The van der Waals surface area contributed by atoms with E-state index in [0.717, 1.165) is 57.8 Å². The van der Waals surface area contributed by atoms with Crippen LogP contribution in [0.5, 0.6) is 0 Å². The maximum atomic E-state index is 13.3. The molecule has 0 bridgehead atoms. The maximum Gasteiger partial charge on any atom is 0.224 e. The molecule has 7 nitrogen and oxygen atoms in total. The molecule has 0 aromatic carbocycles. The second kappa shape index (κ2) is 22.7. The number of ether oxygens (including phenoxy) is 1. The van der Waals surface area contributed by atoms with Crippen molar-refractivity contribution in [2.24, 2.45) is 5.92 Å². The Hall–Kier alpha value is -0.990. The standard InChI is InChI=1S/C32H61NO6/c1-4-7-9-10-11-12-13-14-15-16-17-18-19-20-21-23-28(35)33(24-26(6-3)22-8-5-2)32-31(38)30(37)29(36)27(25-34)39-32/h14-15,26-27,29-32,34,36-38H,4-13,16-25H2,1-3H3/b15-14-/t26?,27-,29-,30+,31-,32?/m1/s1. The molecule has 0 aromatic rings. The zero-order chi connectivity index (χ0) is 28.9. The lowest BCUT2D eigenvalue weighted by atomic mass is 9.95. The van der Waals surface area contributed by atoms with Gasteiger partial charge in [0.1, 0.15) is 24.4 Å². The normalized spacial score (nSPS) is 24.3. The van der Waals surface area contributed by atoms with E-state index < -0.39 is 37.3 Å². The van der Waals surface area contributed by atoms with Crippen molar-refractivity contribution in [3.63, 3.8) is 0 Å². The Morgan fingerprint density at radius 3 is 1.90 bits per heavy atom. The lowest BCUT2D eigenvalue weighted by Crippen LogP contribution is -2.64. The summed E-state index contributed by atoms with van der Waals surface area (Å²) in [5.41, 5.74) is 0. The van der Waals surface area contributed by atoms with Gasteiger partial charge in [0.25, 0.3) is 0 Å². The topological polar surface area (TPSA) is 110 Å². The van der Waals surface area contributed by atoms with E-state index in [9.17, 15) is 25.2 Å². The number of hydrogen-bond acceptors (Lipinski definition) is 6. The van der Waals surface area contributed by atoms with Gasteiger partial charge in [0.05, 0.1) is 6.61 Å². The molecule has 1 saturated heterocycles. The Bertz CT molecular complexity index is 628. The van der Waals surface area contributed by atoms with Crippen LogP contribution in [0.2, 0.25) is 0 Å². The van der Waals surface area contributed by atoms with E-state index in [1.807, 2.05) is 0 Å². The highest BCUT2D eigenvalue weighted by Gasteiger charge is 2.47. The summed E-state index contributed by atoms with van der Waals surface area (Å²) in [7, 11) is 0. The molecule has 0 radical (unpaired) electrons. The molecule has 6 atom stereocenters. The number of amides is 1. The predicted molar refractivity (Wildman–Crippen MR) is 158 cm³/mol. The van der Waals surface area contributed by atoms with Crippen molar-refractivity contribution in [1.82, 2.24) is 4.90 Å². The molecule has 2 unspecified atom stereocenters.